The first kappa shape index (κ1) is 20.1. The molecule has 0 atom stereocenters. The third kappa shape index (κ3) is 3.96. The van der Waals surface area contributed by atoms with Crippen LogP contribution in [0.15, 0.2) is 23.6 Å². The number of hydrogen-bond acceptors (Lipinski definition) is 5. The van der Waals surface area contributed by atoms with Crippen LogP contribution in [0.25, 0.3) is 10.1 Å². The predicted octanol–water partition coefficient (Wildman–Crippen LogP) is 5.74. The number of hydrogen-bond donors (Lipinski definition) is 0. The van der Waals surface area contributed by atoms with E-state index in [1.807, 2.05) is 19.9 Å². The lowest BCUT2D eigenvalue weighted by molar-refractivity contribution is -0.141. The highest BCUT2D eigenvalue weighted by Gasteiger charge is 2.32. The van der Waals surface area contributed by atoms with Crippen molar-refractivity contribution in [3.8, 4) is 11.5 Å². The number of benzene rings is 1. The Morgan fingerprint density at radius 1 is 1.18 bits per heavy atom. The van der Waals surface area contributed by atoms with E-state index in [1.54, 1.807) is 5.38 Å². The largest absolute Gasteiger partial charge is 0.489 e. The Bertz CT molecular complexity index is 1060. The number of ether oxygens (including phenoxy) is 2. The molecule has 0 aliphatic heterocycles. The van der Waals surface area contributed by atoms with Gasteiger partial charge in [0.2, 0.25) is 0 Å². The smallest absolute Gasteiger partial charge is 0.433 e. The van der Waals surface area contributed by atoms with E-state index in [0.717, 1.165) is 27.3 Å². The molecule has 8 heteroatoms. The van der Waals surface area contributed by atoms with E-state index < -0.39 is 11.9 Å². The number of aryl methyl sites for hydroxylation is 3. The molecule has 2 heterocycles. The van der Waals surface area contributed by atoms with Gasteiger partial charge in [-0.2, -0.15) is 13.2 Å². The van der Waals surface area contributed by atoms with Crippen molar-refractivity contribution >= 4 is 27.4 Å². The first-order valence-corrected chi connectivity index (χ1v) is 9.32. The third-order valence-corrected chi connectivity index (χ3v) is 5.41. The maximum Gasteiger partial charge on any atom is 0.433 e. The summed E-state index contributed by atoms with van der Waals surface area (Å²) >= 11 is 1.45. The fraction of sp³-hybridized carbons (Fsp3) is 0.300. The van der Waals surface area contributed by atoms with E-state index in [4.69, 9.17) is 9.47 Å². The van der Waals surface area contributed by atoms with Crippen molar-refractivity contribution in [1.29, 1.82) is 0 Å². The topological polar surface area (TPSA) is 48.4 Å². The van der Waals surface area contributed by atoms with E-state index in [0.29, 0.717) is 17.1 Å². The number of fused-ring (bicyclic) bond motifs is 1. The highest BCUT2D eigenvalue weighted by atomic mass is 32.1. The van der Waals surface area contributed by atoms with Crippen LogP contribution in [-0.4, -0.2) is 11.0 Å². The number of esters is 1. The summed E-state index contributed by atoms with van der Waals surface area (Å²) in [5, 5.41) is 2.64. The monoisotopic (exact) mass is 409 g/mol. The summed E-state index contributed by atoms with van der Waals surface area (Å²) in [6.45, 7) is 6.76. The molecule has 0 bridgehead atoms. The van der Waals surface area contributed by atoms with Crippen molar-refractivity contribution in [2.45, 2.75) is 40.5 Å². The van der Waals surface area contributed by atoms with Gasteiger partial charge in [-0.3, -0.25) is 4.79 Å². The lowest BCUT2D eigenvalue weighted by Crippen LogP contribution is -2.10. The zero-order chi connectivity index (χ0) is 20.6. The number of carbonyl (C=O) groups excluding carboxylic acids is 1. The summed E-state index contributed by atoms with van der Waals surface area (Å²) in [6.07, 6.45) is -4.47. The Labute approximate surface area is 163 Å². The number of pyridine rings is 1. The molecular weight excluding hydrogens is 391 g/mol. The van der Waals surface area contributed by atoms with E-state index in [1.165, 1.54) is 31.3 Å². The van der Waals surface area contributed by atoms with Crippen molar-refractivity contribution in [1.82, 2.24) is 4.98 Å². The molecule has 0 saturated carbocycles. The molecule has 0 N–H and O–H groups in total. The zero-order valence-electron chi connectivity index (χ0n) is 15.7. The molecule has 2 aromatic heterocycles. The van der Waals surface area contributed by atoms with Crippen LogP contribution in [0, 0.1) is 20.8 Å². The molecule has 0 radical (unpaired) electrons. The third-order valence-electron chi connectivity index (χ3n) is 4.33. The van der Waals surface area contributed by atoms with Crippen molar-refractivity contribution < 1.29 is 27.4 Å². The van der Waals surface area contributed by atoms with Crippen LogP contribution >= 0.6 is 11.3 Å². The average molecular weight is 409 g/mol. The molecule has 3 rings (SSSR count). The van der Waals surface area contributed by atoms with Crippen molar-refractivity contribution in [2.75, 3.05) is 0 Å². The summed E-state index contributed by atoms with van der Waals surface area (Å²) in [5.74, 6) is 0.755. The molecule has 0 unspecified atom stereocenters. The van der Waals surface area contributed by atoms with Gasteiger partial charge >= 0.3 is 12.1 Å². The Kier molecular flexibility index (Phi) is 5.34. The van der Waals surface area contributed by atoms with Gasteiger partial charge < -0.3 is 9.47 Å². The number of halogens is 3. The molecule has 28 heavy (non-hydrogen) atoms. The van der Waals surface area contributed by atoms with Crippen molar-refractivity contribution in [3.05, 3.63) is 51.7 Å². The first-order valence-electron chi connectivity index (χ1n) is 8.44. The standard InChI is InChI=1S/C20H18F3NO3S/c1-10-7-15(11(2)19-18(10)16(9-28-19)27-13(4)25)26-8-14-5-6-17(20(21,22)23)24-12(14)3/h5-7,9H,8H2,1-4H3. The summed E-state index contributed by atoms with van der Waals surface area (Å²) in [4.78, 5) is 14.9. The van der Waals surface area contributed by atoms with Crippen LogP contribution in [0.2, 0.25) is 0 Å². The molecule has 148 valence electrons. The van der Waals surface area contributed by atoms with Gasteiger partial charge in [-0.1, -0.05) is 6.07 Å². The SMILES string of the molecule is CC(=O)Oc1csc2c(C)c(OCc3ccc(C(F)(F)F)nc3C)cc(C)c12. The summed E-state index contributed by atoms with van der Waals surface area (Å²) in [7, 11) is 0. The van der Waals surface area contributed by atoms with Crippen LogP contribution in [0.5, 0.6) is 11.5 Å². The number of alkyl halides is 3. The Morgan fingerprint density at radius 2 is 1.89 bits per heavy atom. The average Bonchev–Trinajstić information content (AvgIpc) is 3.00. The second kappa shape index (κ2) is 7.43. The molecule has 0 amide bonds. The predicted molar refractivity (Wildman–Crippen MR) is 101 cm³/mol. The Hall–Kier alpha value is -2.61. The fourth-order valence-corrected chi connectivity index (χ4v) is 3.96. The number of thiophene rings is 1. The molecule has 3 aromatic rings. The van der Waals surface area contributed by atoms with Crippen molar-refractivity contribution in [2.24, 2.45) is 0 Å². The summed E-state index contributed by atoms with van der Waals surface area (Å²) in [5.41, 5.74) is 1.70. The minimum atomic E-state index is -4.47. The number of aromatic nitrogens is 1. The lowest BCUT2D eigenvalue weighted by Gasteiger charge is -2.14. The molecule has 0 fully saturated rings. The molecule has 1 aromatic carbocycles. The van der Waals surface area contributed by atoms with Gasteiger partial charge in [-0.25, -0.2) is 4.98 Å². The molecule has 0 spiro atoms. The molecule has 0 aliphatic rings. The molecule has 0 aliphatic carbocycles. The van der Waals surface area contributed by atoms with Crippen LogP contribution in [0.1, 0.15) is 35.0 Å². The van der Waals surface area contributed by atoms with Gasteiger partial charge in [0.25, 0.3) is 0 Å². The summed E-state index contributed by atoms with van der Waals surface area (Å²) in [6, 6.07) is 4.18. The molecular formula is C20H18F3NO3S. The highest BCUT2D eigenvalue weighted by Crippen LogP contribution is 2.41. The number of carbonyl (C=O) groups is 1. The maximum atomic E-state index is 12.8. The van der Waals surface area contributed by atoms with Gasteiger partial charge in [-0.15, -0.1) is 11.3 Å². The summed E-state index contributed by atoms with van der Waals surface area (Å²) < 4.78 is 50.3. The molecule has 0 saturated heterocycles. The van der Waals surface area contributed by atoms with E-state index in [9.17, 15) is 18.0 Å². The Morgan fingerprint density at radius 3 is 2.50 bits per heavy atom. The lowest BCUT2D eigenvalue weighted by atomic mass is 10.1. The second-order valence-corrected chi connectivity index (χ2v) is 7.32. The van der Waals surface area contributed by atoms with Gasteiger partial charge in [0.15, 0.2) is 0 Å². The van der Waals surface area contributed by atoms with Gasteiger partial charge in [-0.05, 0) is 38.5 Å². The quantitative estimate of drug-likeness (QED) is 0.515. The first-order chi connectivity index (χ1) is 13.1. The maximum absolute atomic E-state index is 12.8. The highest BCUT2D eigenvalue weighted by molar-refractivity contribution is 7.17. The normalized spacial score (nSPS) is 11.7. The second-order valence-electron chi connectivity index (χ2n) is 6.44. The van der Waals surface area contributed by atoms with Crippen LogP contribution in [0.4, 0.5) is 13.2 Å². The minimum absolute atomic E-state index is 0.102. The van der Waals surface area contributed by atoms with Crippen LogP contribution in [0.3, 0.4) is 0 Å². The van der Waals surface area contributed by atoms with Crippen LogP contribution in [-0.2, 0) is 17.6 Å². The van der Waals surface area contributed by atoms with E-state index in [-0.39, 0.29) is 18.3 Å². The van der Waals surface area contributed by atoms with Gasteiger partial charge in [0.05, 0.1) is 0 Å². The fourth-order valence-electron chi connectivity index (χ4n) is 2.92. The van der Waals surface area contributed by atoms with E-state index in [2.05, 4.69) is 4.98 Å². The van der Waals surface area contributed by atoms with Gasteiger partial charge in [0, 0.05) is 39.2 Å². The van der Waals surface area contributed by atoms with Crippen molar-refractivity contribution in [3.63, 3.8) is 0 Å². The van der Waals surface area contributed by atoms with Crippen LogP contribution < -0.4 is 9.47 Å². The Balaban J connectivity index is 1.87. The number of rotatable bonds is 4. The molecule has 4 nitrogen and oxygen atoms in total. The zero-order valence-corrected chi connectivity index (χ0v) is 16.5. The minimum Gasteiger partial charge on any atom is -0.489 e. The number of nitrogens with zero attached hydrogens (tertiary/aromatic N) is 1. The van der Waals surface area contributed by atoms with E-state index >= 15 is 0 Å². The van der Waals surface area contributed by atoms with Gasteiger partial charge in [0.1, 0.15) is 23.8 Å².